The molecule has 41 heavy (non-hydrogen) atoms. The number of hydrogen-bond donors (Lipinski definition) is 2. The summed E-state index contributed by atoms with van der Waals surface area (Å²) in [6.07, 6.45) is -2.25. The fourth-order valence-electron chi connectivity index (χ4n) is 6.59. The first-order valence-electron chi connectivity index (χ1n) is 13.6. The molecule has 3 aliphatic heterocycles. The van der Waals surface area contributed by atoms with Crippen LogP contribution in [-0.2, 0) is 46.4 Å². The molecular weight excluding hydrogens is 645 g/mol. The number of rotatable bonds is 9. The second kappa shape index (κ2) is 11.6. The highest BCUT2D eigenvalue weighted by Crippen LogP contribution is 2.56. The van der Waals surface area contributed by atoms with Gasteiger partial charge in [0.05, 0.1) is 13.2 Å². The molecule has 1 saturated carbocycles. The molecule has 1 aliphatic carbocycles. The number of nitrogens with zero attached hydrogens (tertiary/aromatic N) is 2. The Labute approximate surface area is 251 Å². The van der Waals surface area contributed by atoms with Gasteiger partial charge in [-0.15, -0.1) is 0 Å². The van der Waals surface area contributed by atoms with Crippen LogP contribution in [0.15, 0.2) is 54.6 Å². The van der Waals surface area contributed by atoms with Gasteiger partial charge in [-0.25, -0.2) is 0 Å². The average molecular weight is 677 g/mol. The van der Waals surface area contributed by atoms with Gasteiger partial charge in [0.1, 0.15) is 42.7 Å². The number of carbonyl (C=O) groups is 3. The summed E-state index contributed by atoms with van der Waals surface area (Å²) in [4.78, 5) is 49.7. The Morgan fingerprint density at radius 1 is 1.12 bits per heavy atom. The Bertz CT molecular complexity index is 1300. The maximum absolute atomic E-state index is 14.8. The number of fused-ring (bicyclic) bond motifs is 4. The minimum absolute atomic E-state index is 0.00530. The van der Waals surface area contributed by atoms with Crippen LogP contribution in [0.5, 0.6) is 0 Å². The molecule has 218 valence electrons. The molecule has 4 fully saturated rings. The zero-order valence-electron chi connectivity index (χ0n) is 22.5. The van der Waals surface area contributed by atoms with Crippen LogP contribution in [-0.4, -0.2) is 96.3 Å². The van der Waals surface area contributed by atoms with E-state index in [0.29, 0.717) is 0 Å². The van der Waals surface area contributed by atoms with Gasteiger partial charge in [-0.2, -0.15) is 5.06 Å². The van der Waals surface area contributed by atoms with Gasteiger partial charge in [0, 0.05) is 30.0 Å². The number of likely N-dealkylation sites (N-methyl/N-ethyl adjacent to an activating group) is 1. The zero-order valence-corrected chi connectivity index (χ0v) is 24.6. The SMILES string of the molecule is CN(C(=O)[C@@]12C[C@H]3OC(=O)[C@@H]1N(Cc1ccc(I)cc1)O[C@@H]2[C@H]1OCO[C@H]13)[C@H](Cc1ccccc1)C(=O)NCCO. The van der Waals surface area contributed by atoms with Crippen LogP contribution < -0.4 is 5.32 Å². The van der Waals surface area contributed by atoms with Crippen molar-refractivity contribution in [2.24, 2.45) is 5.41 Å². The van der Waals surface area contributed by atoms with Crippen molar-refractivity contribution in [3.8, 4) is 0 Å². The standard InChI is InChI=1S/C29H32IN3O8/c1-32(20(26(35)31-11-12-34)13-17-5-3-2-4-6-17)28(37)29-14-21-22-23(39-16-38-22)25(29)41-33(24(29)27(36)40-21)15-18-7-9-19(30)10-8-18/h2-10,20-25,34H,11-16H2,1H3,(H,31,35)/t20-,21-,22+,23+,24+,25-,29+/m1/s1. The van der Waals surface area contributed by atoms with Crippen LogP contribution in [0.2, 0.25) is 0 Å². The molecule has 3 heterocycles. The molecule has 2 N–H and O–H groups in total. The van der Waals surface area contributed by atoms with Crippen LogP contribution in [0, 0.1) is 8.99 Å². The van der Waals surface area contributed by atoms with Gasteiger partial charge in [-0.05, 0) is 45.9 Å². The Kier molecular flexibility index (Phi) is 8.04. The Hall–Kier alpha value is -2.62. The van der Waals surface area contributed by atoms with E-state index < -0.39 is 59.7 Å². The van der Waals surface area contributed by atoms with E-state index in [9.17, 15) is 19.5 Å². The van der Waals surface area contributed by atoms with Gasteiger partial charge < -0.3 is 29.5 Å². The van der Waals surface area contributed by atoms with Crippen LogP contribution in [0.3, 0.4) is 0 Å². The lowest BCUT2D eigenvalue weighted by Crippen LogP contribution is -2.70. The molecule has 11 nitrogen and oxygen atoms in total. The molecule has 0 aromatic heterocycles. The first-order valence-corrected chi connectivity index (χ1v) is 14.7. The lowest BCUT2D eigenvalue weighted by atomic mass is 9.62. The molecule has 12 heteroatoms. The highest BCUT2D eigenvalue weighted by molar-refractivity contribution is 14.1. The number of hydrogen-bond acceptors (Lipinski definition) is 9. The van der Waals surface area contributed by atoms with E-state index in [0.717, 1.165) is 14.7 Å². The number of hydroxylamine groups is 2. The number of ether oxygens (including phenoxy) is 3. The van der Waals surface area contributed by atoms with Gasteiger partial charge in [0.2, 0.25) is 11.8 Å². The van der Waals surface area contributed by atoms with Gasteiger partial charge in [0.25, 0.3) is 0 Å². The molecule has 2 amide bonds. The van der Waals surface area contributed by atoms with Crippen molar-refractivity contribution in [2.45, 2.75) is 55.9 Å². The number of benzene rings is 2. The van der Waals surface area contributed by atoms with Gasteiger partial charge in [-0.3, -0.25) is 19.2 Å². The third-order valence-corrected chi connectivity index (χ3v) is 9.21. The summed E-state index contributed by atoms with van der Waals surface area (Å²) >= 11 is 2.22. The molecule has 4 aliphatic rings. The predicted molar refractivity (Wildman–Crippen MR) is 152 cm³/mol. The quantitative estimate of drug-likeness (QED) is 0.296. The average Bonchev–Trinajstić information content (AvgIpc) is 3.60. The van der Waals surface area contributed by atoms with E-state index >= 15 is 0 Å². The number of esters is 1. The van der Waals surface area contributed by atoms with E-state index in [1.165, 1.54) is 4.90 Å². The summed E-state index contributed by atoms with van der Waals surface area (Å²) in [6, 6.07) is 15.3. The first-order chi connectivity index (χ1) is 19.8. The van der Waals surface area contributed by atoms with Crippen LogP contribution in [0.4, 0.5) is 0 Å². The summed E-state index contributed by atoms with van der Waals surface area (Å²) < 4.78 is 18.7. The molecule has 2 aromatic rings. The molecular formula is C29H32IN3O8. The summed E-state index contributed by atoms with van der Waals surface area (Å²) in [5.74, 6) is -1.36. The maximum atomic E-state index is 14.8. The zero-order chi connectivity index (χ0) is 28.7. The first kappa shape index (κ1) is 28.5. The summed E-state index contributed by atoms with van der Waals surface area (Å²) in [6.45, 7) is 0.0776. The lowest BCUT2D eigenvalue weighted by Gasteiger charge is -2.50. The summed E-state index contributed by atoms with van der Waals surface area (Å²) in [7, 11) is 1.58. The number of nitrogens with one attached hydrogen (secondary N) is 1. The van der Waals surface area contributed by atoms with Gasteiger partial charge >= 0.3 is 5.97 Å². The third kappa shape index (κ3) is 5.04. The lowest BCUT2D eigenvalue weighted by molar-refractivity contribution is -0.204. The molecule has 3 saturated heterocycles. The Morgan fingerprint density at radius 2 is 1.85 bits per heavy atom. The van der Waals surface area contributed by atoms with Crippen LogP contribution >= 0.6 is 22.6 Å². The van der Waals surface area contributed by atoms with Crippen molar-refractivity contribution in [1.29, 1.82) is 0 Å². The smallest absolute Gasteiger partial charge is 0.327 e. The van der Waals surface area contributed by atoms with Gasteiger partial charge in [-0.1, -0.05) is 42.5 Å². The minimum atomic E-state index is -1.36. The summed E-state index contributed by atoms with van der Waals surface area (Å²) in [5.41, 5.74) is 0.407. The second-order valence-electron chi connectivity index (χ2n) is 10.9. The minimum Gasteiger partial charge on any atom is -0.458 e. The predicted octanol–water partition coefficient (Wildman–Crippen LogP) is 1.01. The van der Waals surface area contributed by atoms with Crippen LogP contribution in [0.25, 0.3) is 0 Å². The maximum Gasteiger partial charge on any atom is 0.327 e. The van der Waals surface area contributed by atoms with Crippen molar-refractivity contribution in [2.75, 3.05) is 27.0 Å². The van der Waals surface area contributed by atoms with Crippen molar-refractivity contribution < 1.29 is 38.5 Å². The van der Waals surface area contributed by atoms with Crippen molar-refractivity contribution in [3.63, 3.8) is 0 Å². The number of amides is 2. The number of aliphatic hydroxyl groups excluding tert-OH is 1. The molecule has 0 radical (unpaired) electrons. The topological polar surface area (TPSA) is 127 Å². The third-order valence-electron chi connectivity index (χ3n) is 8.50. The van der Waals surface area contributed by atoms with Crippen LogP contribution in [0.1, 0.15) is 17.5 Å². The van der Waals surface area contributed by atoms with Crippen molar-refractivity contribution in [1.82, 2.24) is 15.3 Å². The highest BCUT2D eigenvalue weighted by atomic mass is 127. The fourth-order valence-corrected chi connectivity index (χ4v) is 6.95. The largest absolute Gasteiger partial charge is 0.458 e. The highest BCUT2D eigenvalue weighted by Gasteiger charge is 2.75. The van der Waals surface area contributed by atoms with E-state index in [1.54, 1.807) is 12.1 Å². The van der Waals surface area contributed by atoms with E-state index in [-0.39, 0.29) is 39.3 Å². The molecule has 2 aromatic carbocycles. The number of halogens is 1. The molecule has 0 unspecified atom stereocenters. The van der Waals surface area contributed by atoms with Crippen molar-refractivity contribution in [3.05, 3.63) is 69.3 Å². The monoisotopic (exact) mass is 677 g/mol. The second-order valence-corrected chi connectivity index (χ2v) is 12.1. The molecule has 7 atom stereocenters. The number of carbonyl (C=O) groups excluding carboxylic acids is 3. The number of aliphatic hydroxyl groups is 1. The van der Waals surface area contributed by atoms with E-state index in [4.69, 9.17) is 19.0 Å². The fraction of sp³-hybridized carbons (Fsp3) is 0.483. The molecule has 2 bridgehead atoms. The summed E-state index contributed by atoms with van der Waals surface area (Å²) in [5, 5.41) is 13.6. The molecule has 0 spiro atoms. The van der Waals surface area contributed by atoms with E-state index in [2.05, 4.69) is 27.9 Å². The normalized spacial score (nSPS) is 30.8. The Morgan fingerprint density at radius 3 is 2.59 bits per heavy atom. The Balaban J connectivity index is 1.37. The van der Waals surface area contributed by atoms with E-state index in [1.807, 2.05) is 54.6 Å². The molecule has 6 rings (SSSR count). The van der Waals surface area contributed by atoms with Gasteiger partial charge in [0.15, 0.2) is 6.04 Å². The van der Waals surface area contributed by atoms with Crippen molar-refractivity contribution >= 4 is 40.4 Å².